The number of esters is 2. The van der Waals surface area contributed by atoms with Gasteiger partial charge in [-0.2, -0.15) is 0 Å². The van der Waals surface area contributed by atoms with Gasteiger partial charge in [0.05, 0.1) is 5.56 Å². The van der Waals surface area contributed by atoms with E-state index in [0.29, 0.717) is 24.2 Å². The summed E-state index contributed by atoms with van der Waals surface area (Å²) >= 11 is 0. The van der Waals surface area contributed by atoms with Crippen LogP contribution in [0.2, 0.25) is 0 Å². The summed E-state index contributed by atoms with van der Waals surface area (Å²) in [4.78, 5) is 24.3. The van der Waals surface area contributed by atoms with Crippen LogP contribution in [0.4, 0.5) is 0 Å². The summed E-state index contributed by atoms with van der Waals surface area (Å²) in [5.41, 5.74) is 2.83. The number of benzene rings is 2. The zero-order chi connectivity index (χ0) is 26.5. The molecule has 0 bridgehead atoms. The predicted molar refractivity (Wildman–Crippen MR) is 150 cm³/mol. The summed E-state index contributed by atoms with van der Waals surface area (Å²) in [6, 6.07) is 15.3. The van der Waals surface area contributed by atoms with Crippen molar-refractivity contribution in [2.45, 2.75) is 110 Å². The van der Waals surface area contributed by atoms with E-state index in [1.54, 1.807) is 12.1 Å². The van der Waals surface area contributed by atoms with E-state index in [2.05, 4.69) is 19.1 Å². The van der Waals surface area contributed by atoms with Gasteiger partial charge in [0.2, 0.25) is 0 Å². The van der Waals surface area contributed by atoms with Crippen molar-refractivity contribution in [2.75, 3.05) is 0 Å². The van der Waals surface area contributed by atoms with Gasteiger partial charge in [-0.15, -0.1) is 0 Å². The maximum absolute atomic E-state index is 12.6. The number of unbranched alkanes of at least 4 members (excludes halogenated alkanes) is 2. The molecule has 1 aliphatic carbocycles. The lowest BCUT2D eigenvalue weighted by atomic mass is 9.78. The maximum atomic E-state index is 12.6. The van der Waals surface area contributed by atoms with Crippen LogP contribution >= 0.6 is 0 Å². The fourth-order valence-electron chi connectivity index (χ4n) is 5.39. The van der Waals surface area contributed by atoms with Crippen LogP contribution in [-0.2, 0) is 22.4 Å². The number of rotatable bonds is 14. The molecule has 0 heterocycles. The Labute approximate surface area is 224 Å². The van der Waals surface area contributed by atoms with Gasteiger partial charge < -0.3 is 9.47 Å². The van der Waals surface area contributed by atoms with Gasteiger partial charge in [-0.3, -0.25) is 4.79 Å². The summed E-state index contributed by atoms with van der Waals surface area (Å²) in [5, 5.41) is 0. The third kappa shape index (κ3) is 10.3. The number of aryl methyl sites for hydroxylation is 1. The molecular formula is C33H46O4. The first-order valence-corrected chi connectivity index (χ1v) is 14.6. The van der Waals surface area contributed by atoms with Gasteiger partial charge in [0, 0.05) is 12.8 Å². The van der Waals surface area contributed by atoms with Crippen LogP contribution in [0.3, 0.4) is 0 Å². The van der Waals surface area contributed by atoms with Crippen molar-refractivity contribution in [3.63, 3.8) is 0 Å². The molecule has 1 aliphatic rings. The van der Waals surface area contributed by atoms with Crippen molar-refractivity contribution in [1.82, 2.24) is 0 Å². The highest BCUT2D eigenvalue weighted by Gasteiger charge is 2.20. The molecule has 4 nitrogen and oxygen atoms in total. The molecule has 0 aliphatic heterocycles. The number of hydrogen-bond acceptors (Lipinski definition) is 4. The van der Waals surface area contributed by atoms with Gasteiger partial charge >= 0.3 is 11.9 Å². The number of carbonyl (C=O) groups excluding carboxylic acids is 2. The molecule has 1 fully saturated rings. The van der Waals surface area contributed by atoms with Crippen molar-refractivity contribution >= 4 is 11.9 Å². The van der Waals surface area contributed by atoms with Crippen LogP contribution in [0.5, 0.6) is 5.75 Å². The van der Waals surface area contributed by atoms with Crippen LogP contribution in [-0.4, -0.2) is 18.0 Å². The largest absolute Gasteiger partial charge is 0.462 e. The first-order valence-electron chi connectivity index (χ1n) is 14.6. The van der Waals surface area contributed by atoms with Crippen LogP contribution in [0, 0.1) is 11.8 Å². The van der Waals surface area contributed by atoms with Crippen LogP contribution in [0.15, 0.2) is 48.5 Å². The third-order valence-corrected chi connectivity index (χ3v) is 7.66. The molecule has 4 heteroatoms. The number of ether oxygens (including phenoxy) is 2. The molecule has 2 aromatic carbocycles. The average Bonchev–Trinajstić information content (AvgIpc) is 2.89. The second kappa shape index (κ2) is 15.6. The molecule has 202 valence electrons. The zero-order valence-corrected chi connectivity index (χ0v) is 23.2. The van der Waals surface area contributed by atoms with E-state index >= 15 is 0 Å². The van der Waals surface area contributed by atoms with Crippen LogP contribution < -0.4 is 4.74 Å². The normalized spacial score (nSPS) is 18.2. The molecule has 0 spiro atoms. The van der Waals surface area contributed by atoms with Gasteiger partial charge in [-0.1, -0.05) is 89.5 Å². The lowest BCUT2D eigenvalue weighted by Crippen LogP contribution is -2.17. The van der Waals surface area contributed by atoms with Crippen molar-refractivity contribution in [2.24, 2.45) is 11.8 Å². The molecule has 0 saturated heterocycles. The summed E-state index contributed by atoms with van der Waals surface area (Å²) in [5.74, 6) is 1.86. The second-order valence-electron chi connectivity index (χ2n) is 10.9. The maximum Gasteiger partial charge on any atom is 0.343 e. The topological polar surface area (TPSA) is 52.6 Å². The standard InChI is InChI=1S/C33H46O4/c1-4-6-7-9-26-10-12-27(13-11-26)14-15-28-18-22-31(23-19-28)37-33(35)30-20-16-29(17-21-30)24-25(3)36-32(34)8-5-2/h16-23,25-27H,4-15,24H2,1-3H3/t25-,26?,27?/m1/s1. The van der Waals surface area contributed by atoms with Crippen LogP contribution in [0.25, 0.3) is 0 Å². The molecule has 3 rings (SSSR count). The third-order valence-electron chi connectivity index (χ3n) is 7.66. The highest BCUT2D eigenvalue weighted by molar-refractivity contribution is 5.91. The summed E-state index contributed by atoms with van der Waals surface area (Å²) < 4.78 is 11.0. The monoisotopic (exact) mass is 506 g/mol. The highest BCUT2D eigenvalue weighted by Crippen LogP contribution is 2.34. The SMILES string of the molecule is CCCCCC1CCC(CCc2ccc(OC(=O)c3ccc(C[C@@H](C)OC(=O)CCC)cc3)cc2)CC1. The number of hydrogen-bond donors (Lipinski definition) is 0. The first kappa shape index (κ1) is 28.9. The van der Waals surface area contributed by atoms with E-state index in [1.165, 1.54) is 63.4 Å². The average molecular weight is 507 g/mol. The highest BCUT2D eigenvalue weighted by atomic mass is 16.5. The van der Waals surface area contributed by atoms with Gasteiger partial charge in [0.1, 0.15) is 11.9 Å². The van der Waals surface area contributed by atoms with Crippen molar-refractivity contribution in [1.29, 1.82) is 0 Å². The smallest absolute Gasteiger partial charge is 0.343 e. The molecule has 1 atom stereocenters. The van der Waals surface area contributed by atoms with Gasteiger partial charge in [-0.05, 0) is 73.4 Å². The van der Waals surface area contributed by atoms with Gasteiger partial charge in [0.15, 0.2) is 0 Å². The van der Waals surface area contributed by atoms with E-state index in [4.69, 9.17) is 9.47 Å². The Morgan fingerprint density at radius 3 is 2.05 bits per heavy atom. The van der Waals surface area contributed by atoms with Crippen molar-refractivity contribution in [3.8, 4) is 5.75 Å². The molecule has 0 radical (unpaired) electrons. The first-order chi connectivity index (χ1) is 18.0. The molecule has 0 aromatic heterocycles. The molecule has 0 unspecified atom stereocenters. The molecule has 37 heavy (non-hydrogen) atoms. The quantitative estimate of drug-likeness (QED) is 0.146. The van der Waals surface area contributed by atoms with E-state index < -0.39 is 0 Å². The van der Waals surface area contributed by atoms with Gasteiger partial charge in [-0.25, -0.2) is 4.79 Å². The summed E-state index contributed by atoms with van der Waals surface area (Å²) in [6.45, 7) is 6.13. The van der Waals surface area contributed by atoms with E-state index in [-0.39, 0.29) is 18.0 Å². The predicted octanol–water partition coefficient (Wildman–Crippen LogP) is 8.50. The van der Waals surface area contributed by atoms with Crippen molar-refractivity contribution in [3.05, 3.63) is 65.2 Å². The Morgan fingerprint density at radius 2 is 1.43 bits per heavy atom. The van der Waals surface area contributed by atoms with E-state index in [1.807, 2.05) is 38.1 Å². The summed E-state index contributed by atoms with van der Waals surface area (Å²) in [7, 11) is 0. The molecule has 0 N–H and O–H groups in total. The Balaban J connectivity index is 1.39. The molecule has 0 amide bonds. The summed E-state index contributed by atoms with van der Waals surface area (Å²) in [6.07, 6.45) is 15.1. The van der Waals surface area contributed by atoms with Crippen molar-refractivity contribution < 1.29 is 19.1 Å². The Bertz CT molecular complexity index is 939. The second-order valence-corrected chi connectivity index (χ2v) is 10.9. The Hall–Kier alpha value is -2.62. The van der Waals surface area contributed by atoms with Crippen LogP contribution in [0.1, 0.15) is 113 Å². The van der Waals surface area contributed by atoms with E-state index in [9.17, 15) is 9.59 Å². The minimum absolute atomic E-state index is 0.165. The fraction of sp³-hybridized carbons (Fsp3) is 0.576. The lowest BCUT2D eigenvalue weighted by Gasteiger charge is -2.28. The molecule has 1 saturated carbocycles. The molecule has 2 aromatic rings. The Morgan fingerprint density at radius 1 is 0.811 bits per heavy atom. The molecular weight excluding hydrogens is 460 g/mol. The number of carbonyl (C=O) groups is 2. The minimum atomic E-state index is -0.364. The van der Waals surface area contributed by atoms with Gasteiger partial charge in [0.25, 0.3) is 0 Å². The van der Waals surface area contributed by atoms with E-state index in [0.717, 1.165) is 30.2 Å². The fourth-order valence-corrected chi connectivity index (χ4v) is 5.39. The Kier molecular flexibility index (Phi) is 12.2. The minimum Gasteiger partial charge on any atom is -0.462 e. The lowest BCUT2D eigenvalue weighted by molar-refractivity contribution is -0.148. The zero-order valence-electron chi connectivity index (χ0n) is 23.2.